The fraction of sp³-hybridized carbons (Fsp3) is 0.692. The molecule has 1 fully saturated rings. The largest absolute Gasteiger partial charge is 0.314 e. The molecule has 1 N–H and O–H groups in total. The van der Waals surface area contributed by atoms with E-state index in [9.17, 15) is 0 Å². The third-order valence-electron chi connectivity index (χ3n) is 3.65. The molecule has 0 bridgehead atoms. The SMILES string of the molecule is CCNC1CCC(c2ccc(C)s2)C1C. The molecule has 2 rings (SSSR count). The van der Waals surface area contributed by atoms with E-state index in [1.54, 1.807) is 4.88 Å². The van der Waals surface area contributed by atoms with Gasteiger partial charge in [-0.25, -0.2) is 0 Å². The maximum absolute atomic E-state index is 3.61. The number of nitrogens with one attached hydrogen (secondary N) is 1. The van der Waals surface area contributed by atoms with Gasteiger partial charge in [0, 0.05) is 15.8 Å². The van der Waals surface area contributed by atoms with Crippen LogP contribution in [0.5, 0.6) is 0 Å². The van der Waals surface area contributed by atoms with Crippen LogP contribution in [0.4, 0.5) is 0 Å². The molecular formula is C13H21NS. The molecule has 1 aromatic rings. The molecule has 0 aliphatic heterocycles. The van der Waals surface area contributed by atoms with Crippen LogP contribution in [0.25, 0.3) is 0 Å². The molecule has 1 aliphatic rings. The minimum absolute atomic E-state index is 0.738. The fourth-order valence-electron chi connectivity index (χ4n) is 2.77. The van der Waals surface area contributed by atoms with Crippen molar-refractivity contribution in [1.29, 1.82) is 0 Å². The van der Waals surface area contributed by atoms with Crippen molar-refractivity contribution in [2.75, 3.05) is 6.54 Å². The van der Waals surface area contributed by atoms with Gasteiger partial charge in [0.05, 0.1) is 0 Å². The zero-order chi connectivity index (χ0) is 10.8. The van der Waals surface area contributed by atoms with Gasteiger partial charge in [-0.05, 0) is 50.3 Å². The summed E-state index contributed by atoms with van der Waals surface area (Å²) in [5.41, 5.74) is 0. The highest BCUT2D eigenvalue weighted by molar-refractivity contribution is 7.12. The predicted molar refractivity (Wildman–Crippen MR) is 67.7 cm³/mol. The zero-order valence-corrected chi connectivity index (χ0v) is 10.7. The Balaban J connectivity index is 2.06. The van der Waals surface area contributed by atoms with Crippen LogP contribution in [0.15, 0.2) is 12.1 Å². The van der Waals surface area contributed by atoms with Gasteiger partial charge in [-0.1, -0.05) is 13.8 Å². The number of hydrogen-bond acceptors (Lipinski definition) is 2. The number of thiophene rings is 1. The summed E-state index contributed by atoms with van der Waals surface area (Å²) in [5, 5.41) is 3.61. The van der Waals surface area contributed by atoms with Crippen molar-refractivity contribution in [3.05, 3.63) is 21.9 Å². The zero-order valence-electron chi connectivity index (χ0n) is 9.92. The van der Waals surface area contributed by atoms with Gasteiger partial charge in [0.2, 0.25) is 0 Å². The van der Waals surface area contributed by atoms with E-state index in [4.69, 9.17) is 0 Å². The van der Waals surface area contributed by atoms with Crippen LogP contribution < -0.4 is 5.32 Å². The van der Waals surface area contributed by atoms with Gasteiger partial charge in [-0.15, -0.1) is 11.3 Å². The molecule has 1 aliphatic carbocycles. The van der Waals surface area contributed by atoms with E-state index >= 15 is 0 Å². The smallest absolute Gasteiger partial charge is 0.00989 e. The lowest BCUT2D eigenvalue weighted by Gasteiger charge is -2.20. The summed E-state index contributed by atoms with van der Waals surface area (Å²) in [6.07, 6.45) is 2.70. The van der Waals surface area contributed by atoms with E-state index in [1.165, 1.54) is 17.7 Å². The van der Waals surface area contributed by atoms with Gasteiger partial charge < -0.3 is 5.32 Å². The Morgan fingerprint density at radius 1 is 1.40 bits per heavy atom. The van der Waals surface area contributed by atoms with Gasteiger partial charge in [0.25, 0.3) is 0 Å². The maximum atomic E-state index is 3.61. The fourth-order valence-corrected chi connectivity index (χ4v) is 3.90. The molecule has 0 radical (unpaired) electrons. The summed E-state index contributed by atoms with van der Waals surface area (Å²) in [4.78, 5) is 3.05. The monoisotopic (exact) mass is 223 g/mol. The first-order valence-corrected chi connectivity index (χ1v) is 6.83. The van der Waals surface area contributed by atoms with Gasteiger partial charge in [0.1, 0.15) is 0 Å². The quantitative estimate of drug-likeness (QED) is 0.826. The second kappa shape index (κ2) is 4.67. The average molecular weight is 223 g/mol. The summed E-state index contributed by atoms with van der Waals surface area (Å²) in [7, 11) is 0. The van der Waals surface area contributed by atoms with Gasteiger partial charge in [-0.2, -0.15) is 0 Å². The maximum Gasteiger partial charge on any atom is 0.00989 e. The Morgan fingerprint density at radius 2 is 2.20 bits per heavy atom. The van der Waals surface area contributed by atoms with E-state index in [2.05, 4.69) is 38.2 Å². The molecule has 1 aromatic heterocycles. The van der Waals surface area contributed by atoms with Crippen molar-refractivity contribution in [2.24, 2.45) is 5.92 Å². The van der Waals surface area contributed by atoms with Crippen LogP contribution in [0.1, 0.15) is 42.4 Å². The number of aryl methyl sites for hydroxylation is 1. The minimum Gasteiger partial charge on any atom is -0.314 e. The van der Waals surface area contributed by atoms with Crippen LogP contribution in [-0.2, 0) is 0 Å². The van der Waals surface area contributed by atoms with E-state index in [-0.39, 0.29) is 0 Å². The molecule has 0 amide bonds. The second-order valence-electron chi connectivity index (χ2n) is 4.66. The van der Waals surface area contributed by atoms with Crippen LogP contribution in [0.2, 0.25) is 0 Å². The molecule has 1 nitrogen and oxygen atoms in total. The van der Waals surface area contributed by atoms with Crippen molar-refractivity contribution in [3.63, 3.8) is 0 Å². The van der Waals surface area contributed by atoms with Crippen molar-refractivity contribution < 1.29 is 0 Å². The topological polar surface area (TPSA) is 12.0 Å². The summed E-state index contributed by atoms with van der Waals surface area (Å²) in [6.45, 7) is 7.91. The van der Waals surface area contributed by atoms with Crippen LogP contribution >= 0.6 is 11.3 Å². The molecule has 0 saturated heterocycles. The first-order chi connectivity index (χ1) is 7.22. The lowest BCUT2D eigenvalue weighted by atomic mass is 9.94. The summed E-state index contributed by atoms with van der Waals surface area (Å²) in [6, 6.07) is 5.32. The van der Waals surface area contributed by atoms with E-state index in [0.29, 0.717) is 0 Å². The number of hydrogen-bond donors (Lipinski definition) is 1. The second-order valence-corrected chi connectivity index (χ2v) is 5.98. The summed E-state index contributed by atoms with van der Waals surface area (Å²) >= 11 is 1.98. The van der Waals surface area contributed by atoms with Crippen LogP contribution in [0, 0.1) is 12.8 Å². The first-order valence-electron chi connectivity index (χ1n) is 6.02. The van der Waals surface area contributed by atoms with E-state index < -0.39 is 0 Å². The number of rotatable bonds is 3. The van der Waals surface area contributed by atoms with Crippen LogP contribution in [-0.4, -0.2) is 12.6 Å². The highest BCUT2D eigenvalue weighted by Gasteiger charge is 2.33. The Labute approximate surface area is 96.9 Å². The average Bonchev–Trinajstić information content (AvgIpc) is 2.76. The molecule has 15 heavy (non-hydrogen) atoms. The highest BCUT2D eigenvalue weighted by Crippen LogP contribution is 2.41. The lowest BCUT2D eigenvalue weighted by molar-refractivity contribution is 0.414. The molecule has 2 heteroatoms. The third kappa shape index (κ3) is 2.26. The molecule has 84 valence electrons. The molecule has 0 aromatic carbocycles. The third-order valence-corrected chi connectivity index (χ3v) is 4.78. The van der Waals surface area contributed by atoms with Crippen molar-refractivity contribution >= 4 is 11.3 Å². The standard InChI is InChI=1S/C13H21NS/c1-4-14-12-7-6-11(10(12)3)13-8-5-9(2)15-13/h5,8,10-12,14H,4,6-7H2,1-3H3. The summed E-state index contributed by atoms with van der Waals surface area (Å²) < 4.78 is 0. The molecular weight excluding hydrogens is 202 g/mol. The molecule has 0 spiro atoms. The Hall–Kier alpha value is -0.340. The molecule has 1 heterocycles. The lowest BCUT2D eigenvalue weighted by Crippen LogP contribution is -2.31. The molecule has 1 saturated carbocycles. The normalized spacial score (nSPS) is 31.0. The highest BCUT2D eigenvalue weighted by atomic mass is 32.1. The van der Waals surface area contributed by atoms with Gasteiger partial charge in [-0.3, -0.25) is 0 Å². The molecule has 3 atom stereocenters. The van der Waals surface area contributed by atoms with Crippen LogP contribution in [0.3, 0.4) is 0 Å². The van der Waals surface area contributed by atoms with Gasteiger partial charge >= 0.3 is 0 Å². The van der Waals surface area contributed by atoms with E-state index in [1.807, 2.05) is 11.3 Å². The van der Waals surface area contributed by atoms with Crippen molar-refractivity contribution in [3.8, 4) is 0 Å². The minimum atomic E-state index is 0.738. The van der Waals surface area contributed by atoms with Gasteiger partial charge in [0.15, 0.2) is 0 Å². The Morgan fingerprint density at radius 3 is 2.80 bits per heavy atom. The predicted octanol–water partition coefficient (Wildman–Crippen LogP) is 3.55. The first kappa shape index (κ1) is 11.2. The van der Waals surface area contributed by atoms with Crippen molar-refractivity contribution in [2.45, 2.75) is 45.6 Å². The summed E-state index contributed by atoms with van der Waals surface area (Å²) in [5.74, 6) is 1.59. The van der Waals surface area contributed by atoms with E-state index in [0.717, 1.165) is 24.4 Å². The van der Waals surface area contributed by atoms with Crippen molar-refractivity contribution in [1.82, 2.24) is 5.32 Å². The molecule has 3 unspecified atom stereocenters. The Kier molecular flexibility index (Phi) is 3.47. The Bertz CT molecular complexity index is 318.